The fraction of sp³-hybridized carbons (Fsp3) is 0.444. The molecule has 3 aromatic rings. The Morgan fingerprint density at radius 1 is 1.28 bits per heavy atom. The molecule has 0 radical (unpaired) electrons. The zero-order chi connectivity index (χ0) is 20.5. The first-order valence-corrected chi connectivity index (χ1v) is 9.70. The zero-order valence-electron chi connectivity index (χ0n) is 15.7. The lowest BCUT2D eigenvalue weighted by Gasteiger charge is -2.07. The molecule has 154 valence electrons. The number of anilines is 1. The summed E-state index contributed by atoms with van der Waals surface area (Å²) in [5.41, 5.74) is 1.55. The van der Waals surface area contributed by atoms with E-state index >= 15 is 0 Å². The van der Waals surface area contributed by atoms with E-state index in [9.17, 15) is 13.6 Å². The Morgan fingerprint density at radius 3 is 2.69 bits per heavy atom. The molecule has 29 heavy (non-hydrogen) atoms. The van der Waals surface area contributed by atoms with Crippen molar-refractivity contribution in [3.63, 3.8) is 0 Å². The van der Waals surface area contributed by atoms with Gasteiger partial charge in [-0.15, -0.1) is 0 Å². The molecule has 0 aromatic carbocycles. The smallest absolute Gasteiger partial charge is 0.283 e. The van der Waals surface area contributed by atoms with Crippen LogP contribution in [-0.2, 0) is 24.4 Å². The van der Waals surface area contributed by atoms with Crippen LogP contribution in [0, 0.1) is 0 Å². The Balaban J connectivity index is 1.41. The molecule has 0 aliphatic heterocycles. The number of alkyl halides is 2. The summed E-state index contributed by atoms with van der Waals surface area (Å²) in [5.74, 6) is -0.299. The van der Waals surface area contributed by atoms with Crippen LogP contribution >= 0.6 is 11.6 Å². The molecule has 0 bridgehead atoms. The molecule has 11 heteroatoms. The van der Waals surface area contributed by atoms with Gasteiger partial charge in [0.1, 0.15) is 12.2 Å². The largest absolute Gasteiger partial charge is 0.322 e. The summed E-state index contributed by atoms with van der Waals surface area (Å²) in [7, 11) is 0. The highest BCUT2D eigenvalue weighted by Crippen LogP contribution is 2.45. The molecule has 8 nitrogen and oxygen atoms in total. The summed E-state index contributed by atoms with van der Waals surface area (Å²) in [6, 6.07) is 0. The molecule has 0 saturated heterocycles. The second kappa shape index (κ2) is 7.94. The third kappa shape index (κ3) is 4.31. The van der Waals surface area contributed by atoms with Crippen LogP contribution in [0.5, 0.6) is 0 Å². The molecule has 3 aromatic heterocycles. The number of aryl methyl sites for hydroxylation is 1. The van der Waals surface area contributed by atoms with Gasteiger partial charge in [0.15, 0.2) is 0 Å². The minimum atomic E-state index is -2.78. The highest BCUT2D eigenvalue weighted by molar-refractivity contribution is 6.32. The van der Waals surface area contributed by atoms with Crippen LogP contribution in [-0.4, -0.2) is 35.2 Å². The molecule has 0 unspecified atom stereocenters. The molecule has 1 saturated carbocycles. The van der Waals surface area contributed by atoms with Crippen LogP contribution < -0.4 is 5.32 Å². The normalized spacial score (nSPS) is 14.0. The Hall–Kier alpha value is -2.75. The quantitative estimate of drug-likeness (QED) is 0.601. The van der Waals surface area contributed by atoms with Crippen molar-refractivity contribution in [2.45, 2.75) is 51.7 Å². The number of aromatic nitrogens is 6. The first-order valence-electron chi connectivity index (χ1n) is 9.32. The number of carbonyl (C=O) groups is 1. The van der Waals surface area contributed by atoms with Crippen molar-refractivity contribution in [3.8, 4) is 0 Å². The average molecular weight is 424 g/mol. The molecule has 1 N–H and O–H groups in total. The minimum Gasteiger partial charge on any atom is -0.322 e. The number of amides is 1. The number of halogens is 3. The Labute approximate surface area is 170 Å². The number of rotatable bonds is 8. The second-order valence-corrected chi connectivity index (χ2v) is 7.37. The monoisotopic (exact) mass is 423 g/mol. The van der Waals surface area contributed by atoms with Gasteiger partial charge in [-0.3, -0.25) is 18.8 Å². The summed E-state index contributed by atoms with van der Waals surface area (Å²) in [6.45, 7) is 3.12. The van der Waals surface area contributed by atoms with Gasteiger partial charge in [-0.2, -0.15) is 15.3 Å². The maximum Gasteiger partial charge on any atom is 0.283 e. The molecule has 3 heterocycles. The summed E-state index contributed by atoms with van der Waals surface area (Å²) in [4.78, 5) is 12.4. The molecule has 1 aliphatic carbocycles. The predicted molar refractivity (Wildman–Crippen MR) is 102 cm³/mol. The molecule has 1 aliphatic rings. The van der Waals surface area contributed by atoms with E-state index in [-0.39, 0.29) is 23.4 Å². The van der Waals surface area contributed by atoms with Crippen LogP contribution in [0.2, 0.25) is 5.02 Å². The van der Waals surface area contributed by atoms with Crippen molar-refractivity contribution in [1.82, 2.24) is 29.3 Å². The lowest BCUT2D eigenvalue weighted by molar-refractivity contribution is -0.117. The SMILES string of the molecule is CCn1cc(Cn2cc(NC(=O)Cn3nc(C(F)F)c(Cl)c3C3CC3)cn2)cn1. The standard InChI is InChI=1S/C18H20ClF2N7O/c1-2-26-7-11(5-22-26)8-27-9-13(6-23-27)24-14(29)10-28-17(12-3-4-12)15(19)16(25-28)18(20)21/h5-7,9,12,18H,2-4,8,10H2,1H3,(H,24,29). The minimum absolute atomic E-state index is 0.0317. The average Bonchev–Trinajstić information content (AvgIpc) is 3.09. The van der Waals surface area contributed by atoms with Gasteiger partial charge in [-0.25, -0.2) is 8.78 Å². The first-order chi connectivity index (χ1) is 13.9. The van der Waals surface area contributed by atoms with Gasteiger partial charge in [-0.1, -0.05) is 11.6 Å². The zero-order valence-corrected chi connectivity index (χ0v) is 16.5. The summed E-state index contributed by atoms with van der Waals surface area (Å²) < 4.78 is 31.0. The van der Waals surface area contributed by atoms with Gasteiger partial charge in [-0.05, 0) is 19.8 Å². The first kappa shape index (κ1) is 19.6. The Bertz CT molecular complexity index is 1020. The third-order valence-corrected chi connectivity index (χ3v) is 5.08. The van der Waals surface area contributed by atoms with Crippen molar-refractivity contribution in [2.75, 3.05) is 5.32 Å². The van der Waals surface area contributed by atoms with Crippen LogP contribution in [0.4, 0.5) is 14.5 Å². The Kier molecular flexibility index (Phi) is 5.35. The predicted octanol–water partition coefficient (Wildman–Crippen LogP) is 3.45. The van der Waals surface area contributed by atoms with Gasteiger partial charge >= 0.3 is 0 Å². The van der Waals surface area contributed by atoms with E-state index in [2.05, 4.69) is 20.6 Å². The van der Waals surface area contributed by atoms with E-state index in [4.69, 9.17) is 11.6 Å². The number of nitrogens with one attached hydrogen (secondary N) is 1. The second-order valence-electron chi connectivity index (χ2n) is 7.00. The molecule has 0 spiro atoms. The number of hydrogen-bond donors (Lipinski definition) is 1. The van der Waals surface area contributed by atoms with E-state index < -0.39 is 12.1 Å². The van der Waals surface area contributed by atoms with Crippen LogP contribution in [0.25, 0.3) is 0 Å². The van der Waals surface area contributed by atoms with E-state index in [1.807, 2.05) is 17.8 Å². The fourth-order valence-corrected chi connectivity index (χ4v) is 3.55. The number of nitrogens with zero attached hydrogens (tertiary/aromatic N) is 6. The van der Waals surface area contributed by atoms with Gasteiger partial charge < -0.3 is 5.32 Å². The van der Waals surface area contributed by atoms with E-state index in [0.29, 0.717) is 17.9 Å². The van der Waals surface area contributed by atoms with Crippen molar-refractivity contribution in [1.29, 1.82) is 0 Å². The lowest BCUT2D eigenvalue weighted by Crippen LogP contribution is -2.20. The maximum atomic E-state index is 13.1. The van der Waals surface area contributed by atoms with Gasteiger partial charge in [0.05, 0.1) is 35.3 Å². The van der Waals surface area contributed by atoms with Crippen molar-refractivity contribution < 1.29 is 13.6 Å². The van der Waals surface area contributed by atoms with E-state index in [1.54, 1.807) is 17.1 Å². The van der Waals surface area contributed by atoms with Crippen LogP contribution in [0.15, 0.2) is 24.8 Å². The molecule has 1 amide bonds. The van der Waals surface area contributed by atoms with Gasteiger partial charge in [0, 0.05) is 30.4 Å². The molecular formula is C18H20ClF2N7O. The Morgan fingerprint density at radius 2 is 2.03 bits per heavy atom. The molecule has 4 rings (SSSR count). The maximum absolute atomic E-state index is 13.1. The van der Waals surface area contributed by atoms with Crippen molar-refractivity contribution in [2.24, 2.45) is 0 Å². The van der Waals surface area contributed by atoms with Crippen LogP contribution in [0.1, 0.15) is 49.1 Å². The highest BCUT2D eigenvalue weighted by atomic mass is 35.5. The third-order valence-electron chi connectivity index (χ3n) is 4.69. The summed E-state index contributed by atoms with van der Waals surface area (Å²) in [6.07, 6.45) is 5.87. The lowest BCUT2D eigenvalue weighted by atomic mass is 10.2. The van der Waals surface area contributed by atoms with Crippen LogP contribution in [0.3, 0.4) is 0 Å². The van der Waals surface area contributed by atoms with Crippen molar-refractivity contribution >= 4 is 23.2 Å². The van der Waals surface area contributed by atoms with Gasteiger partial charge in [0.2, 0.25) is 5.91 Å². The van der Waals surface area contributed by atoms with E-state index in [1.165, 1.54) is 10.9 Å². The summed E-state index contributed by atoms with van der Waals surface area (Å²) in [5, 5.41) is 15.0. The van der Waals surface area contributed by atoms with Gasteiger partial charge in [0.25, 0.3) is 6.43 Å². The number of carbonyl (C=O) groups excluding carboxylic acids is 1. The van der Waals surface area contributed by atoms with E-state index in [0.717, 1.165) is 24.9 Å². The highest BCUT2D eigenvalue weighted by Gasteiger charge is 2.34. The molecule has 0 atom stereocenters. The molecular weight excluding hydrogens is 404 g/mol. The summed E-state index contributed by atoms with van der Waals surface area (Å²) >= 11 is 6.08. The fourth-order valence-electron chi connectivity index (χ4n) is 3.18. The molecule has 1 fully saturated rings. The number of hydrogen-bond acceptors (Lipinski definition) is 4. The topological polar surface area (TPSA) is 82.6 Å². The van der Waals surface area contributed by atoms with Crippen molar-refractivity contribution in [3.05, 3.63) is 46.8 Å².